The lowest BCUT2D eigenvalue weighted by Crippen LogP contribution is -2.36. The van der Waals surface area contributed by atoms with Gasteiger partial charge >= 0.3 is 0 Å². The molecule has 120 valence electrons. The van der Waals surface area contributed by atoms with Crippen molar-refractivity contribution in [1.29, 1.82) is 0 Å². The maximum atomic E-state index is 11.8. The predicted octanol–water partition coefficient (Wildman–Crippen LogP) is 2.89. The highest BCUT2D eigenvalue weighted by Gasteiger charge is 2.12. The van der Waals surface area contributed by atoms with Crippen LogP contribution in [-0.4, -0.2) is 36.3 Å². The van der Waals surface area contributed by atoms with Gasteiger partial charge in [0.15, 0.2) is 0 Å². The van der Waals surface area contributed by atoms with E-state index in [0.717, 1.165) is 19.5 Å². The Hall–Kier alpha value is -1.32. The number of nitrogens with zero attached hydrogens (tertiary/aromatic N) is 1. The second kappa shape index (κ2) is 9.59. The van der Waals surface area contributed by atoms with Crippen LogP contribution in [0.5, 0.6) is 0 Å². The molecule has 2 amide bonds. The van der Waals surface area contributed by atoms with Crippen LogP contribution in [0.25, 0.3) is 0 Å². The standard InChI is InChI=1S/C17H30N2O2/c1-14(2)13-19(15(3)20)12-10-17(21)18-11-9-16-7-5-4-6-8-16/h7,14H,4-6,8-13H2,1-3H3,(H,18,21). The first-order chi connectivity index (χ1) is 9.99. The van der Waals surface area contributed by atoms with E-state index in [1.54, 1.807) is 11.8 Å². The zero-order chi connectivity index (χ0) is 15.7. The molecule has 0 heterocycles. The average Bonchev–Trinajstić information content (AvgIpc) is 2.44. The minimum atomic E-state index is 0.0430. The summed E-state index contributed by atoms with van der Waals surface area (Å²) in [6.45, 7) is 7.67. The van der Waals surface area contributed by atoms with E-state index in [2.05, 4.69) is 25.2 Å². The number of hydrogen-bond acceptors (Lipinski definition) is 2. The van der Waals surface area contributed by atoms with E-state index < -0.39 is 0 Å². The van der Waals surface area contributed by atoms with E-state index in [1.807, 2.05) is 0 Å². The fourth-order valence-corrected chi connectivity index (χ4v) is 2.64. The van der Waals surface area contributed by atoms with E-state index in [-0.39, 0.29) is 11.8 Å². The molecule has 0 aromatic carbocycles. The van der Waals surface area contributed by atoms with Crippen molar-refractivity contribution in [1.82, 2.24) is 10.2 Å². The van der Waals surface area contributed by atoms with Crippen molar-refractivity contribution in [2.75, 3.05) is 19.6 Å². The molecule has 0 radical (unpaired) electrons. The van der Waals surface area contributed by atoms with Gasteiger partial charge in [0, 0.05) is 33.0 Å². The Morgan fingerprint density at radius 1 is 1.33 bits per heavy atom. The van der Waals surface area contributed by atoms with E-state index in [9.17, 15) is 9.59 Å². The number of allylic oxidation sites excluding steroid dienone is 1. The Labute approximate surface area is 129 Å². The van der Waals surface area contributed by atoms with Gasteiger partial charge in [0.1, 0.15) is 0 Å². The molecule has 0 saturated carbocycles. The van der Waals surface area contributed by atoms with Gasteiger partial charge in [0.2, 0.25) is 11.8 Å². The van der Waals surface area contributed by atoms with E-state index in [4.69, 9.17) is 0 Å². The summed E-state index contributed by atoms with van der Waals surface area (Å²) >= 11 is 0. The van der Waals surface area contributed by atoms with Crippen molar-refractivity contribution in [3.8, 4) is 0 Å². The smallest absolute Gasteiger partial charge is 0.221 e. The summed E-state index contributed by atoms with van der Waals surface area (Å²) < 4.78 is 0. The molecular formula is C17H30N2O2. The molecule has 0 saturated heterocycles. The van der Waals surface area contributed by atoms with Crippen LogP contribution >= 0.6 is 0 Å². The Bertz CT molecular complexity index is 375. The molecule has 21 heavy (non-hydrogen) atoms. The van der Waals surface area contributed by atoms with Crippen molar-refractivity contribution in [2.45, 2.75) is 59.3 Å². The minimum Gasteiger partial charge on any atom is -0.356 e. The van der Waals surface area contributed by atoms with Crippen molar-refractivity contribution in [3.05, 3.63) is 11.6 Å². The van der Waals surface area contributed by atoms with Crippen LogP contribution < -0.4 is 5.32 Å². The second-order valence-corrected chi connectivity index (χ2v) is 6.32. The largest absolute Gasteiger partial charge is 0.356 e. The number of carbonyl (C=O) groups excluding carboxylic acids is 2. The third-order valence-electron chi connectivity index (χ3n) is 3.79. The van der Waals surface area contributed by atoms with Gasteiger partial charge in [-0.05, 0) is 38.0 Å². The Kier molecular flexibility index (Phi) is 8.09. The fourth-order valence-electron chi connectivity index (χ4n) is 2.64. The van der Waals surface area contributed by atoms with Gasteiger partial charge in [-0.3, -0.25) is 9.59 Å². The number of nitrogens with one attached hydrogen (secondary N) is 1. The van der Waals surface area contributed by atoms with Gasteiger partial charge in [-0.2, -0.15) is 0 Å². The van der Waals surface area contributed by atoms with Crippen LogP contribution in [0.2, 0.25) is 0 Å². The molecule has 0 fully saturated rings. The Balaban J connectivity index is 2.20. The number of rotatable bonds is 8. The second-order valence-electron chi connectivity index (χ2n) is 6.32. The van der Waals surface area contributed by atoms with E-state index in [1.165, 1.54) is 31.3 Å². The van der Waals surface area contributed by atoms with Gasteiger partial charge in [0.25, 0.3) is 0 Å². The third-order valence-corrected chi connectivity index (χ3v) is 3.79. The van der Waals surface area contributed by atoms with Gasteiger partial charge in [-0.1, -0.05) is 25.5 Å². The third kappa shape index (κ3) is 7.88. The summed E-state index contributed by atoms with van der Waals surface area (Å²) in [7, 11) is 0. The summed E-state index contributed by atoms with van der Waals surface area (Å²) in [6.07, 6.45) is 8.62. The van der Waals surface area contributed by atoms with E-state index in [0.29, 0.717) is 18.9 Å². The van der Waals surface area contributed by atoms with Crippen LogP contribution in [0.1, 0.15) is 59.3 Å². The SMILES string of the molecule is CC(=O)N(CCC(=O)NCCC1=CCCCC1)CC(C)C. The molecular weight excluding hydrogens is 264 g/mol. The van der Waals surface area contributed by atoms with Crippen molar-refractivity contribution in [3.63, 3.8) is 0 Å². The van der Waals surface area contributed by atoms with Crippen molar-refractivity contribution < 1.29 is 9.59 Å². The first-order valence-electron chi connectivity index (χ1n) is 8.19. The quantitative estimate of drug-likeness (QED) is 0.700. The number of amides is 2. The van der Waals surface area contributed by atoms with Crippen LogP contribution in [0.15, 0.2) is 11.6 Å². The molecule has 0 aromatic heterocycles. The monoisotopic (exact) mass is 294 g/mol. The minimum absolute atomic E-state index is 0.0430. The van der Waals surface area contributed by atoms with Gasteiger partial charge in [-0.15, -0.1) is 0 Å². The molecule has 0 aliphatic heterocycles. The lowest BCUT2D eigenvalue weighted by atomic mass is 9.97. The summed E-state index contributed by atoms with van der Waals surface area (Å²) in [5, 5.41) is 2.96. The molecule has 1 rings (SSSR count). The fraction of sp³-hybridized carbons (Fsp3) is 0.765. The predicted molar refractivity (Wildman–Crippen MR) is 85.9 cm³/mol. The van der Waals surface area contributed by atoms with Crippen molar-refractivity contribution >= 4 is 11.8 Å². The Morgan fingerprint density at radius 2 is 2.10 bits per heavy atom. The molecule has 0 spiro atoms. The maximum absolute atomic E-state index is 11.8. The summed E-state index contributed by atoms with van der Waals surface area (Å²) in [6, 6.07) is 0. The lowest BCUT2D eigenvalue weighted by Gasteiger charge is -2.22. The van der Waals surface area contributed by atoms with Crippen LogP contribution in [0.4, 0.5) is 0 Å². The molecule has 0 bridgehead atoms. The first kappa shape index (κ1) is 17.7. The molecule has 4 nitrogen and oxygen atoms in total. The first-order valence-corrected chi connectivity index (χ1v) is 8.19. The number of hydrogen-bond donors (Lipinski definition) is 1. The average molecular weight is 294 g/mol. The molecule has 1 aliphatic carbocycles. The Morgan fingerprint density at radius 3 is 2.67 bits per heavy atom. The molecule has 1 N–H and O–H groups in total. The van der Waals surface area contributed by atoms with Crippen LogP contribution in [0, 0.1) is 5.92 Å². The molecule has 1 aliphatic rings. The van der Waals surface area contributed by atoms with Crippen molar-refractivity contribution in [2.24, 2.45) is 5.92 Å². The van der Waals surface area contributed by atoms with Crippen LogP contribution in [0.3, 0.4) is 0 Å². The maximum Gasteiger partial charge on any atom is 0.221 e. The highest BCUT2D eigenvalue weighted by Crippen LogP contribution is 2.19. The zero-order valence-electron chi connectivity index (χ0n) is 13.8. The van der Waals surface area contributed by atoms with Crippen LogP contribution in [-0.2, 0) is 9.59 Å². The van der Waals surface area contributed by atoms with Gasteiger partial charge in [-0.25, -0.2) is 0 Å². The highest BCUT2D eigenvalue weighted by molar-refractivity contribution is 5.78. The molecule has 0 aromatic rings. The number of carbonyl (C=O) groups is 2. The summed E-state index contributed by atoms with van der Waals surface area (Å²) in [5.74, 6) is 0.514. The highest BCUT2D eigenvalue weighted by atomic mass is 16.2. The lowest BCUT2D eigenvalue weighted by molar-refractivity contribution is -0.130. The molecule has 0 unspecified atom stereocenters. The van der Waals surface area contributed by atoms with Gasteiger partial charge in [0.05, 0.1) is 0 Å². The van der Waals surface area contributed by atoms with E-state index >= 15 is 0 Å². The van der Waals surface area contributed by atoms with Gasteiger partial charge < -0.3 is 10.2 Å². The summed E-state index contributed by atoms with van der Waals surface area (Å²) in [4.78, 5) is 25.1. The molecule has 0 atom stereocenters. The molecule has 4 heteroatoms. The topological polar surface area (TPSA) is 49.4 Å². The zero-order valence-corrected chi connectivity index (χ0v) is 13.8. The normalized spacial score (nSPS) is 14.8. The summed E-state index contributed by atoms with van der Waals surface area (Å²) in [5.41, 5.74) is 1.48.